The Morgan fingerprint density at radius 2 is 2.00 bits per heavy atom. The van der Waals surface area contributed by atoms with Crippen LogP contribution >= 0.6 is 0 Å². The number of para-hydroxylation sites is 1. The highest BCUT2D eigenvalue weighted by Crippen LogP contribution is 2.25. The van der Waals surface area contributed by atoms with Gasteiger partial charge in [-0.1, -0.05) is 37.5 Å². The summed E-state index contributed by atoms with van der Waals surface area (Å²) in [5, 5.41) is 10.6. The Morgan fingerprint density at radius 1 is 1.25 bits per heavy atom. The van der Waals surface area contributed by atoms with E-state index in [0.29, 0.717) is 19.0 Å². The van der Waals surface area contributed by atoms with Gasteiger partial charge in [-0.25, -0.2) is 0 Å². The Hall–Kier alpha value is -1.81. The van der Waals surface area contributed by atoms with Crippen molar-refractivity contribution in [3.05, 3.63) is 36.0 Å². The van der Waals surface area contributed by atoms with Gasteiger partial charge in [-0.3, -0.25) is 4.79 Å². The summed E-state index contributed by atoms with van der Waals surface area (Å²) in [5.41, 5.74) is 2.44. The van der Waals surface area contributed by atoms with E-state index in [-0.39, 0.29) is 12.5 Å². The lowest BCUT2D eigenvalue weighted by Gasteiger charge is -2.34. The van der Waals surface area contributed by atoms with E-state index < -0.39 is 0 Å². The second kappa shape index (κ2) is 7.84. The van der Waals surface area contributed by atoms with E-state index in [1.807, 2.05) is 24.1 Å². The number of carbonyl (C=O) groups is 1. The smallest absolute Gasteiger partial charge is 0.223 e. The minimum absolute atomic E-state index is 0.0521. The van der Waals surface area contributed by atoms with Gasteiger partial charge in [0, 0.05) is 43.2 Å². The molecule has 0 spiro atoms. The van der Waals surface area contributed by atoms with Crippen LogP contribution in [-0.4, -0.2) is 39.7 Å². The Balaban J connectivity index is 1.68. The molecule has 24 heavy (non-hydrogen) atoms. The van der Waals surface area contributed by atoms with Gasteiger partial charge in [-0.2, -0.15) is 0 Å². The molecule has 0 unspecified atom stereocenters. The summed E-state index contributed by atoms with van der Waals surface area (Å²) in [6.45, 7) is 0.523. The second-order valence-corrected chi connectivity index (χ2v) is 6.88. The van der Waals surface area contributed by atoms with Gasteiger partial charge in [0.2, 0.25) is 5.91 Å². The van der Waals surface area contributed by atoms with Gasteiger partial charge in [-0.05, 0) is 30.9 Å². The van der Waals surface area contributed by atoms with Crippen molar-refractivity contribution in [1.82, 2.24) is 9.47 Å². The summed E-state index contributed by atoms with van der Waals surface area (Å²) in [7, 11) is 2.05. The fourth-order valence-corrected chi connectivity index (χ4v) is 4.02. The number of aliphatic hydroxyl groups excluding tert-OH is 1. The first-order valence-electron chi connectivity index (χ1n) is 9.14. The molecule has 0 bridgehead atoms. The Kier molecular flexibility index (Phi) is 5.56. The van der Waals surface area contributed by atoms with Crippen molar-refractivity contribution < 1.29 is 9.90 Å². The molecule has 1 N–H and O–H groups in total. The van der Waals surface area contributed by atoms with Crippen LogP contribution in [0.1, 0.15) is 44.1 Å². The number of aryl methyl sites for hydroxylation is 2. The molecule has 0 saturated heterocycles. The van der Waals surface area contributed by atoms with E-state index in [0.717, 1.165) is 19.3 Å². The number of amides is 1. The van der Waals surface area contributed by atoms with Crippen molar-refractivity contribution in [3.8, 4) is 0 Å². The first-order valence-corrected chi connectivity index (χ1v) is 9.14. The highest BCUT2D eigenvalue weighted by molar-refractivity contribution is 5.85. The largest absolute Gasteiger partial charge is 0.395 e. The number of benzene rings is 1. The number of hydrogen-bond donors (Lipinski definition) is 1. The highest BCUT2D eigenvalue weighted by atomic mass is 16.3. The molecule has 130 valence electrons. The van der Waals surface area contributed by atoms with Crippen LogP contribution in [-0.2, 0) is 18.3 Å². The van der Waals surface area contributed by atoms with Crippen LogP contribution in [0.3, 0.4) is 0 Å². The maximum Gasteiger partial charge on any atom is 0.223 e. The van der Waals surface area contributed by atoms with Gasteiger partial charge in [0.15, 0.2) is 0 Å². The molecule has 4 nitrogen and oxygen atoms in total. The summed E-state index contributed by atoms with van der Waals surface area (Å²) < 4.78 is 2.13. The number of nitrogens with zero attached hydrogens (tertiary/aromatic N) is 2. The predicted octanol–water partition coefficient (Wildman–Crippen LogP) is 3.26. The van der Waals surface area contributed by atoms with Gasteiger partial charge in [0.25, 0.3) is 0 Å². The van der Waals surface area contributed by atoms with Crippen LogP contribution in [0.15, 0.2) is 30.5 Å². The van der Waals surface area contributed by atoms with Crippen molar-refractivity contribution >= 4 is 16.8 Å². The van der Waals surface area contributed by atoms with Crippen molar-refractivity contribution in [1.29, 1.82) is 0 Å². The van der Waals surface area contributed by atoms with Crippen LogP contribution in [0.5, 0.6) is 0 Å². The SMILES string of the molecule is Cn1cc(CCC(=O)N(CCO)C2CCCCC2)c2ccccc21. The molecule has 1 amide bonds. The Bertz CT molecular complexity index is 686. The molecule has 0 atom stereocenters. The first kappa shape index (κ1) is 17.0. The fraction of sp³-hybridized carbons (Fsp3) is 0.550. The molecule has 1 aliphatic rings. The predicted molar refractivity (Wildman–Crippen MR) is 96.9 cm³/mol. The maximum atomic E-state index is 12.8. The average molecular weight is 328 g/mol. The molecule has 1 fully saturated rings. The molecule has 1 heterocycles. The van der Waals surface area contributed by atoms with Crippen LogP contribution in [0.2, 0.25) is 0 Å². The van der Waals surface area contributed by atoms with Crippen molar-refractivity contribution in [2.45, 2.75) is 51.0 Å². The van der Waals surface area contributed by atoms with E-state index in [9.17, 15) is 9.90 Å². The number of fused-ring (bicyclic) bond motifs is 1. The van der Waals surface area contributed by atoms with Crippen molar-refractivity contribution in [3.63, 3.8) is 0 Å². The lowest BCUT2D eigenvalue weighted by molar-refractivity contribution is -0.134. The summed E-state index contributed by atoms with van der Waals surface area (Å²) in [6, 6.07) is 8.66. The molecule has 1 saturated carbocycles. The number of carbonyl (C=O) groups excluding carboxylic acids is 1. The van der Waals surface area contributed by atoms with Gasteiger partial charge in [-0.15, -0.1) is 0 Å². The maximum absolute atomic E-state index is 12.8. The standard InChI is InChI=1S/C20H28N2O2/c1-21-15-16(18-9-5-6-10-19(18)21)11-12-20(24)22(13-14-23)17-7-3-2-4-8-17/h5-6,9-10,15,17,23H,2-4,7-8,11-14H2,1H3. The summed E-state index contributed by atoms with van der Waals surface area (Å²) in [4.78, 5) is 14.7. The lowest BCUT2D eigenvalue weighted by Crippen LogP contribution is -2.43. The topological polar surface area (TPSA) is 45.5 Å². The van der Waals surface area contributed by atoms with Gasteiger partial charge >= 0.3 is 0 Å². The van der Waals surface area contributed by atoms with Crippen LogP contribution in [0.25, 0.3) is 10.9 Å². The lowest BCUT2D eigenvalue weighted by atomic mass is 9.93. The molecule has 4 heteroatoms. The van der Waals surface area contributed by atoms with Crippen LogP contribution in [0, 0.1) is 0 Å². The molecular weight excluding hydrogens is 300 g/mol. The van der Waals surface area contributed by atoms with Crippen LogP contribution < -0.4 is 0 Å². The monoisotopic (exact) mass is 328 g/mol. The molecule has 1 aromatic carbocycles. The first-order chi connectivity index (χ1) is 11.7. The molecule has 2 aromatic rings. The zero-order valence-electron chi connectivity index (χ0n) is 14.6. The van der Waals surface area contributed by atoms with E-state index in [4.69, 9.17) is 0 Å². The zero-order chi connectivity index (χ0) is 16.9. The minimum Gasteiger partial charge on any atom is -0.395 e. The van der Waals surface area contributed by atoms with E-state index >= 15 is 0 Å². The van der Waals surface area contributed by atoms with Crippen LogP contribution in [0.4, 0.5) is 0 Å². The molecule has 3 rings (SSSR count). The molecule has 0 aliphatic heterocycles. The second-order valence-electron chi connectivity index (χ2n) is 6.88. The third-order valence-corrected chi connectivity index (χ3v) is 5.26. The zero-order valence-corrected chi connectivity index (χ0v) is 14.6. The van der Waals surface area contributed by atoms with Gasteiger partial charge in [0.1, 0.15) is 0 Å². The van der Waals surface area contributed by atoms with E-state index in [1.165, 1.54) is 35.7 Å². The summed E-state index contributed by atoms with van der Waals surface area (Å²) >= 11 is 0. The fourth-order valence-electron chi connectivity index (χ4n) is 4.02. The number of rotatable bonds is 6. The van der Waals surface area contributed by atoms with E-state index in [2.05, 4.69) is 22.9 Å². The summed E-state index contributed by atoms with van der Waals surface area (Å²) in [5.74, 6) is 0.184. The van der Waals surface area contributed by atoms with Gasteiger partial charge in [0.05, 0.1) is 6.61 Å². The highest BCUT2D eigenvalue weighted by Gasteiger charge is 2.24. The molecule has 0 radical (unpaired) electrons. The summed E-state index contributed by atoms with van der Waals surface area (Å²) in [6.07, 6.45) is 9.24. The van der Waals surface area contributed by atoms with Crippen molar-refractivity contribution in [2.75, 3.05) is 13.2 Å². The average Bonchev–Trinajstić information content (AvgIpc) is 2.95. The third-order valence-electron chi connectivity index (χ3n) is 5.26. The van der Waals surface area contributed by atoms with E-state index in [1.54, 1.807) is 0 Å². The normalized spacial score (nSPS) is 15.8. The Morgan fingerprint density at radius 3 is 2.75 bits per heavy atom. The molecule has 1 aliphatic carbocycles. The minimum atomic E-state index is 0.0521. The number of aromatic nitrogens is 1. The van der Waals surface area contributed by atoms with Crippen molar-refractivity contribution in [2.24, 2.45) is 7.05 Å². The Labute approximate surface area is 144 Å². The molecule has 1 aromatic heterocycles. The number of aliphatic hydroxyl groups is 1. The quantitative estimate of drug-likeness (QED) is 0.884. The molecular formula is C20H28N2O2. The van der Waals surface area contributed by atoms with Gasteiger partial charge < -0.3 is 14.6 Å². The number of hydrogen-bond acceptors (Lipinski definition) is 2. The third kappa shape index (κ3) is 3.64.